The van der Waals surface area contributed by atoms with Gasteiger partial charge < -0.3 is 5.32 Å². The van der Waals surface area contributed by atoms with Gasteiger partial charge in [-0.3, -0.25) is 4.98 Å². The lowest BCUT2D eigenvalue weighted by Crippen LogP contribution is -2.34. The Bertz CT molecular complexity index is 448. The Kier molecular flexibility index (Phi) is 4.35. The molecule has 4 atom stereocenters. The quantitative estimate of drug-likeness (QED) is 0.899. The Hall–Kier alpha value is -0.960. The molecule has 2 aliphatic rings. The van der Waals surface area contributed by atoms with Gasteiger partial charge in [0.1, 0.15) is 5.82 Å². The van der Waals surface area contributed by atoms with Crippen molar-refractivity contribution in [2.75, 3.05) is 7.05 Å². The molecule has 0 aromatic carbocycles. The minimum Gasteiger partial charge on any atom is -0.313 e. The van der Waals surface area contributed by atoms with Gasteiger partial charge in [-0.25, -0.2) is 4.39 Å². The number of hydrogen-bond donors (Lipinski definition) is 1. The van der Waals surface area contributed by atoms with Crippen molar-refractivity contribution < 1.29 is 4.39 Å². The Morgan fingerprint density at radius 3 is 2.75 bits per heavy atom. The summed E-state index contributed by atoms with van der Waals surface area (Å²) in [6.45, 7) is 0. The van der Waals surface area contributed by atoms with E-state index in [4.69, 9.17) is 0 Å². The van der Waals surface area contributed by atoms with E-state index in [1.807, 2.05) is 13.1 Å². The van der Waals surface area contributed by atoms with Crippen LogP contribution in [0.1, 0.15) is 56.6 Å². The summed E-state index contributed by atoms with van der Waals surface area (Å²) < 4.78 is 14.0. The molecular weight excluding hydrogens is 251 g/mol. The fourth-order valence-electron chi connectivity index (χ4n) is 4.50. The lowest BCUT2D eigenvalue weighted by molar-refractivity contribution is 0.110. The Morgan fingerprint density at radius 1 is 1.20 bits per heavy atom. The second-order valence-electron chi connectivity index (χ2n) is 6.54. The Morgan fingerprint density at radius 2 is 2.00 bits per heavy atom. The summed E-state index contributed by atoms with van der Waals surface area (Å²) >= 11 is 0. The third-order valence-electron chi connectivity index (χ3n) is 5.50. The van der Waals surface area contributed by atoms with E-state index >= 15 is 0 Å². The third-order valence-corrected chi connectivity index (χ3v) is 5.50. The van der Waals surface area contributed by atoms with E-state index in [0.717, 1.165) is 17.4 Å². The van der Waals surface area contributed by atoms with Gasteiger partial charge in [-0.1, -0.05) is 25.7 Å². The molecule has 3 heteroatoms. The zero-order valence-electron chi connectivity index (χ0n) is 12.3. The molecule has 1 N–H and O–H groups in total. The van der Waals surface area contributed by atoms with Crippen LogP contribution >= 0.6 is 0 Å². The first kappa shape index (κ1) is 14.0. The number of pyridine rings is 1. The highest BCUT2D eigenvalue weighted by Gasteiger charge is 2.36. The van der Waals surface area contributed by atoms with Crippen LogP contribution in [-0.2, 0) is 0 Å². The molecule has 2 saturated carbocycles. The summed E-state index contributed by atoms with van der Waals surface area (Å²) in [5.74, 6) is 2.22. The highest BCUT2D eigenvalue weighted by Crippen LogP contribution is 2.46. The molecule has 0 bridgehead atoms. The van der Waals surface area contributed by atoms with Crippen molar-refractivity contribution in [2.24, 2.45) is 17.8 Å². The topological polar surface area (TPSA) is 24.9 Å². The van der Waals surface area contributed by atoms with E-state index in [2.05, 4.69) is 10.3 Å². The van der Waals surface area contributed by atoms with Crippen LogP contribution in [0.2, 0.25) is 0 Å². The molecule has 2 nitrogen and oxygen atoms in total. The van der Waals surface area contributed by atoms with Crippen LogP contribution in [0.5, 0.6) is 0 Å². The van der Waals surface area contributed by atoms with Gasteiger partial charge in [0.25, 0.3) is 0 Å². The molecule has 1 heterocycles. The van der Waals surface area contributed by atoms with Crippen molar-refractivity contribution >= 4 is 0 Å². The average molecular weight is 276 g/mol. The standard InChI is InChI=1S/C17H25FN2/c1-19-17(15-8-9-20-11-16(15)18)14-7-6-12-4-2-3-5-13(12)10-14/h8-9,11-14,17,19H,2-7,10H2,1H3. The predicted octanol–water partition coefficient (Wildman–Crippen LogP) is 4.09. The summed E-state index contributed by atoms with van der Waals surface area (Å²) in [5.41, 5.74) is 0.793. The summed E-state index contributed by atoms with van der Waals surface area (Å²) in [5, 5.41) is 3.36. The molecular formula is C17H25FN2. The van der Waals surface area contributed by atoms with Crippen LogP contribution < -0.4 is 5.32 Å². The number of halogens is 1. The molecule has 4 unspecified atom stereocenters. The second kappa shape index (κ2) is 6.21. The molecule has 0 spiro atoms. The van der Waals surface area contributed by atoms with Crippen LogP contribution in [0, 0.1) is 23.6 Å². The normalized spacial score (nSPS) is 31.6. The van der Waals surface area contributed by atoms with Gasteiger partial charge in [0.05, 0.1) is 6.20 Å². The monoisotopic (exact) mass is 276 g/mol. The van der Waals surface area contributed by atoms with Gasteiger partial charge in [-0.05, 0) is 50.1 Å². The Labute approximate surface area is 121 Å². The molecule has 2 aliphatic carbocycles. The number of rotatable bonds is 3. The SMILES string of the molecule is CNC(c1ccncc1F)C1CCC2CCCCC2C1. The fourth-order valence-corrected chi connectivity index (χ4v) is 4.50. The molecule has 110 valence electrons. The smallest absolute Gasteiger partial charge is 0.146 e. The zero-order chi connectivity index (χ0) is 13.9. The summed E-state index contributed by atoms with van der Waals surface area (Å²) in [6, 6.07) is 1.98. The maximum absolute atomic E-state index is 14.0. The van der Waals surface area contributed by atoms with Gasteiger partial charge in [0.2, 0.25) is 0 Å². The van der Waals surface area contributed by atoms with Gasteiger partial charge in [0, 0.05) is 17.8 Å². The molecule has 0 radical (unpaired) electrons. The summed E-state index contributed by atoms with van der Waals surface area (Å²) in [7, 11) is 1.96. The van der Waals surface area contributed by atoms with Gasteiger partial charge in [-0.2, -0.15) is 0 Å². The van der Waals surface area contributed by atoms with Crippen molar-refractivity contribution in [3.05, 3.63) is 29.8 Å². The van der Waals surface area contributed by atoms with Crippen molar-refractivity contribution in [3.8, 4) is 0 Å². The minimum absolute atomic E-state index is 0.140. The lowest BCUT2D eigenvalue weighted by Gasteiger charge is -2.42. The lowest BCUT2D eigenvalue weighted by atomic mass is 9.65. The van der Waals surface area contributed by atoms with Gasteiger partial charge in [0.15, 0.2) is 0 Å². The second-order valence-corrected chi connectivity index (χ2v) is 6.54. The Balaban J connectivity index is 1.75. The van der Waals surface area contributed by atoms with E-state index < -0.39 is 0 Å². The zero-order valence-corrected chi connectivity index (χ0v) is 12.3. The minimum atomic E-state index is -0.169. The van der Waals surface area contributed by atoms with E-state index in [-0.39, 0.29) is 11.9 Å². The molecule has 0 saturated heterocycles. The average Bonchev–Trinajstić information content (AvgIpc) is 2.50. The van der Waals surface area contributed by atoms with Crippen LogP contribution in [-0.4, -0.2) is 12.0 Å². The molecule has 1 aromatic heterocycles. The molecule has 0 aliphatic heterocycles. The molecule has 0 amide bonds. The van der Waals surface area contributed by atoms with E-state index in [1.165, 1.54) is 51.1 Å². The van der Waals surface area contributed by atoms with Crippen LogP contribution in [0.25, 0.3) is 0 Å². The predicted molar refractivity (Wildman–Crippen MR) is 78.8 cm³/mol. The highest BCUT2D eigenvalue weighted by atomic mass is 19.1. The fraction of sp³-hybridized carbons (Fsp3) is 0.706. The third kappa shape index (κ3) is 2.73. The number of hydrogen-bond acceptors (Lipinski definition) is 2. The van der Waals surface area contributed by atoms with E-state index in [0.29, 0.717) is 5.92 Å². The maximum Gasteiger partial charge on any atom is 0.146 e. The number of nitrogens with zero attached hydrogens (tertiary/aromatic N) is 1. The van der Waals surface area contributed by atoms with Gasteiger partial charge >= 0.3 is 0 Å². The first-order chi connectivity index (χ1) is 9.79. The molecule has 1 aromatic rings. The maximum atomic E-state index is 14.0. The first-order valence-corrected chi connectivity index (χ1v) is 8.06. The van der Waals surface area contributed by atoms with Crippen LogP contribution in [0.4, 0.5) is 4.39 Å². The van der Waals surface area contributed by atoms with Crippen LogP contribution in [0.3, 0.4) is 0 Å². The molecule has 20 heavy (non-hydrogen) atoms. The number of nitrogens with one attached hydrogen (secondary N) is 1. The first-order valence-electron chi connectivity index (χ1n) is 8.06. The highest BCUT2D eigenvalue weighted by molar-refractivity contribution is 5.18. The van der Waals surface area contributed by atoms with Gasteiger partial charge in [-0.15, -0.1) is 0 Å². The van der Waals surface area contributed by atoms with Crippen molar-refractivity contribution in [2.45, 2.75) is 51.0 Å². The van der Waals surface area contributed by atoms with Crippen molar-refractivity contribution in [1.82, 2.24) is 10.3 Å². The largest absolute Gasteiger partial charge is 0.313 e. The van der Waals surface area contributed by atoms with E-state index in [9.17, 15) is 4.39 Å². The summed E-state index contributed by atoms with van der Waals surface area (Å²) in [6.07, 6.45) is 12.5. The molecule has 2 fully saturated rings. The molecule has 3 rings (SSSR count). The van der Waals surface area contributed by atoms with Crippen molar-refractivity contribution in [1.29, 1.82) is 0 Å². The number of aromatic nitrogens is 1. The van der Waals surface area contributed by atoms with E-state index in [1.54, 1.807) is 6.20 Å². The summed E-state index contributed by atoms with van der Waals surface area (Å²) in [4.78, 5) is 3.87. The van der Waals surface area contributed by atoms with Crippen LogP contribution in [0.15, 0.2) is 18.5 Å². The van der Waals surface area contributed by atoms with Crippen molar-refractivity contribution in [3.63, 3.8) is 0 Å². The number of fused-ring (bicyclic) bond motifs is 1.